The molecule has 0 bridgehead atoms. The second-order valence-electron chi connectivity index (χ2n) is 5.79. The molecule has 1 aromatic rings. The van der Waals surface area contributed by atoms with Gasteiger partial charge in [0.25, 0.3) is 0 Å². The summed E-state index contributed by atoms with van der Waals surface area (Å²) in [7, 11) is 0. The van der Waals surface area contributed by atoms with Crippen LogP contribution in [0, 0.1) is 0 Å². The lowest BCUT2D eigenvalue weighted by molar-refractivity contribution is -0.00138. The largest absolute Gasteiger partial charge is 0.448 e. The highest BCUT2D eigenvalue weighted by Crippen LogP contribution is 2.16. The molecular weight excluding hydrogens is 298 g/mol. The van der Waals surface area contributed by atoms with Crippen LogP contribution < -0.4 is 5.32 Å². The monoisotopic (exact) mass is 319 g/mol. The Hall–Kier alpha value is -2.28. The van der Waals surface area contributed by atoms with Crippen LogP contribution in [-0.2, 0) is 16.0 Å². The number of rotatable bonds is 3. The molecule has 2 aliphatic heterocycles. The predicted molar refractivity (Wildman–Crippen MR) is 84.2 cm³/mol. The number of carbonyl (C=O) groups excluding carboxylic acids is 2. The van der Waals surface area contributed by atoms with Gasteiger partial charge in [0.05, 0.1) is 19.3 Å². The van der Waals surface area contributed by atoms with Gasteiger partial charge in [0, 0.05) is 25.3 Å². The molecule has 1 atom stereocenters. The molecular formula is C16H21N3O4. The number of nitrogens with one attached hydrogen (secondary N) is 1. The molecule has 2 aliphatic rings. The van der Waals surface area contributed by atoms with Crippen molar-refractivity contribution in [2.75, 3.05) is 38.2 Å². The van der Waals surface area contributed by atoms with Crippen LogP contribution in [0.15, 0.2) is 24.3 Å². The minimum atomic E-state index is -0.290. The average molecular weight is 319 g/mol. The molecule has 1 N–H and O–H groups in total. The molecule has 7 nitrogen and oxygen atoms in total. The zero-order valence-corrected chi connectivity index (χ0v) is 13.2. The van der Waals surface area contributed by atoms with Crippen molar-refractivity contribution in [1.82, 2.24) is 9.80 Å². The van der Waals surface area contributed by atoms with Crippen LogP contribution in [-0.4, -0.2) is 60.9 Å². The van der Waals surface area contributed by atoms with E-state index in [0.29, 0.717) is 39.4 Å². The SMILES string of the molecule is C[C@H]1CN(C(=O)Nc2cccc(CN3CCOC3=O)c2)CCO1. The first kappa shape index (κ1) is 15.6. The summed E-state index contributed by atoms with van der Waals surface area (Å²) in [6, 6.07) is 7.39. The molecule has 0 aromatic heterocycles. The van der Waals surface area contributed by atoms with E-state index in [1.54, 1.807) is 9.80 Å². The van der Waals surface area contributed by atoms with Gasteiger partial charge in [-0.15, -0.1) is 0 Å². The Morgan fingerprint density at radius 1 is 1.35 bits per heavy atom. The molecule has 0 spiro atoms. The number of nitrogens with zero attached hydrogens (tertiary/aromatic N) is 2. The maximum absolute atomic E-state index is 12.3. The Morgan fingerprint density at radius 2 is 2.22 bits per heavy atom. The number of hydrogen-bond acceptors (Lipinski definition) is 4. The number of anilines is 1. The normalized spacial score (nSPS) is 21.3. The van der Waals surface area contributed by atoms with Crippen molar-refractivity contribution < 1.29 is 19.1 Å². The minimum Gasteiger partial charge on any atom is -0.448 e. The number of urea groups is 1. The van der Waals surface area contributed by atoms with Crippen LogP contribution in [0.25, 0.3) is 0 Å². The van der Waals surface area contributed by atoms with Crippen LogP contribution in [0.5, 0.6) is 0 Å². The Bertz CT molecular complexity index is 592. The van der Waals surface area contributed by atoms with E-state index in [2.05, 4.69) is 5.32 Å². The summed E-state index contributed by atoms with van der Waals surface area (Å²) in [5.41, 5.74) is 1.68. The van der Waals surface area contributed by atoms with E-state index in [9.17, 15) is 9.59 Å². The van der Waals surface area contributed by atoms with Crippen molar-refractivity contribution in [2.45, 2.75) is 19.6 Å². The number of morpholine rings is 1. The van der Waals surface area contributed by atoms with E-state index >= 15 is 0 Å². The van der Waals surface area contributed by atoms with E-state index in [4.69, 9.17) is 9.47 Å². The topological polar surface area (TPSA) is 71.1 Å². The van der Waals surface area contributed by atoms with Gasteiger partial charge in [0.15, 0.2) is 0 Å². The summed E-state index contributed by atoms with van der Waals surface area (Å²) in [6.07, 6.45) is -0.233. The summed E-state index contributed by atoms with van der Waals surface area (Å²) in [5, 5.41) is 2.91. The smallest absolute Gasteiger partial charge is 0.410 e. The summed E-state index contributed by atoms with van der Waals surface area (Å²) in [6.45, 7) is 5.21. The predicted octanol–water partition coefficient (Wildman–Crippen LogP) is 1.89. The summed E-state index contributed by atoms with van der Waals surface area (Å²) >= 11 is 0. The second kappa shape index (κ2) is 6.87. The lowest BCUT2D eigenvalue weighted by atomic mass is 10.2. The Kier molecular flexibility index (Phi) is 4.66. The van der Waals surface area contributed by atoms with Crippen molar-refractivity contribution >= 4 is 17.8 Å². The van der Waals surface area contributed by atoms with Crippen LogP contribution in [0.3, 0.4) is 0 Å². The molecule has 0 radical (unpaired) electrons. The Labute approximate surface area is 135 Å². The van der Waals surface area contributed by atoms with Crippen LogP contribution >= 0.6 is 0 Å². The number of amides is 3. The van der Waals surface area contributed by atoms with Gasteiger partial charge in [0.2, 0.25) is 0 Å². The molecule has 0 aliphatic carbocycles. The number of benzene rings is 1. The molecule has 7 heteroatoms. The lowest BCUT2D eigenvalue weighted by Crippen LogP contribution is -2.46. The molecule has 23 heavy (non-hydrogen) atoms. The number of hydrogen-bond donors (Lipinski definition) is 1. The fourth-order valence-electron chi connectivity index (χ4n) is 2.74. The summed E-state index contributed by atoms with van der Waals surface area (Å²) in [4.78, 5) is 27.2. The molecule has 0 saturated carbocycles. The van der Waals surface area contributed by atoms with Gasteiger partial charge in [-0.25, -0.2) is 9.59 Å². The quantitative estimate of drug-likeness (QED) is 0.923. The zero-order chi connectivity index (χ0) is 16.2. The van der Waals surface area contributed by atoms with E-state index in [-0.39, 0.29) is 18.2 Å². The highest BCUT2D eigenvalue weighted by atomic mass is 16.6. The standard InChI is InChI=1S/C16H21N3O4/c1-12-10-18(5-7-22-12)15(20)17-14-4-2-3-13(9-14)11-19-6-8-23-16(19)21/h2-4,9,12H,5-8,10-11H2,1H3,(H,17,20)/t12-/m0/s1. The summed E-state index contributed by atoms with van der Waals surface area (Å²) in [5.74, 6) is 0. The highest BCUT2D eigenvalue weighted by molar-refractivity contribution is 5.89. The third kappa shape index (κ3) is 3.92. The second-order valence-corrected chi connectivity index (χ2v) is 5.79. The number of cyclic esters (lactones) is 1. The van der Waals surface area contributed by atoms with E-state index in [0.717, 1.165) is 11.3 Å². The Morgan fingerprint density at radius 3 is 2.96 bits per heavy atom. The van der Waals surface area contributed by atoms with Crippen molar-refractivity contribution in [3.8, 4) is 0 Å². The van der Waals surface area contributed by atoms with Gasteiger partial charge in [-0.1, -0.05) is 12.1 Å². The van der Waals surface area contributed by atoms with Crippen LogP contribution in [0.2, 0.25) is 0 Å². The maximum atomic E-state index is 12.3. The van der Waals surface area contributed by atoms with Gasteiger partial charge in [-0.05, 0) is 24.6 Å². The average Bonchev–Trinajstić information content (AvgIpc) is 2.93. The fourth-order valence-corrected chi connectivity index (χ4v) is 2.74. The number of ether oxygens (including phenoxy) is 2. The first-order valence-electron chi connectivity index (χ1n) is 7.80. The van der Waals surface area contributed by atoms with E-state index < -0.39 is 0 Å². The molecule has 3 rings (SSSR count). The lowest BCUT2D eigenvalue weighted by Gasteiger charge is -2.31. The van der Waals surface area contributed by atoms with Crippen molar-refractivity contribution in [3.63, 3.8) is 0 Å². The first-order valence-corrected chi connectivity index (χ1v) is 7.80. The number of carbonyl (C=O) groups is 2. The van der Waals surface area contributed by atoms with Crippen LogP contribution in [0.1, 0.15) is 12.5 Å². The third-order valence-corrected chi connectivity index (χ3v) is 3.92. The van der Waals surface area contributed by atoms with Gasteiger partial charge >= 0.3 is 12.1 Å². The molecule has 1 aromatic carbocycles. The van der Waals surface area contributed by atoms with E-state index in [1.165, 1.54) is 0 Å². The van der Waals surface area contributed by atoms with Crippen molar-refractivity contribution in [1.29, 1.82) is 0 Å². The van der Waals surface area contributed by atoms with Gasteiger partial charge in [-0.3, -0.25) is 0 Å². The minimum absolute atomic E-state index is 0.0574. The maximum Gasteiger partial charge on any atom is 0.410 e. The molecule has 2 fully saturated rings. The zero-order valence-electron chi connectivity index (χ0n) is 13.2. The van der Waals surface area contributed by atoms with Gasteiger partial charge < -0.3 is 24.6 Å². The van der Waals surface area contributed by atoms with Crippen molar-refractivity contribution in [2.24, 2.45) is 0 Å². The first-order chi connectivity index (χ1) is 11.1. The Balaban J connectivity index is 1.60. The third-order valence-electron chi connectivity index (χ3n) is 3.92. The van der Waals surface area contributed by atoms with Gasteiger partial charge in [-0.2, -0.15) is 0 Å². The molecule has 0 unspecified atom stereocenters. The highest BCUT2D eigenvalue weighted by Gasteiger charge is 2.23. The van der Waals surface area contributed by atoms with Gasteiger partial charge in [0.1, 0.15) is 6.61 Å². The molecule has 124 valence electrons. The van der Waals surface area contributed by atoms with E-state index in [1.807, 2.05) is 31.2 Å². The molecule has 2 heterocycles. The molecule has 3 amide bonds. The molecule has 2 saturated heterocycles. The van der Waals surface area contributed by atoms with Crippen molar-refractivity contribution in [3.05, 3.63) is 29.8 Å². The van der Waals surface area contributed by atoms with Crippen LogP contribution in [0.4, 0.5) is 15.3 Å². The fraction of sp³-hybridized carbons (Fsp3) is 0.500. The summed E-state index contributed by atoms with van der Waals surface area (Å²) < 4.78 is 10.4.